The van der Waals surface area contributed by atoms with E-state index < -0.39 is 6.04 Å². The first-order chi connectivity index (χ1) is 12.2. The van der Waals surface area contributed by atoms with E-state index in [1.807, 2.05) is 54.6 Å². The molecule has 0 fully saturated rings. The van der Waals surface area contributed by atoms with Gasteiger partial charge in [0, 0.05) is 13.1 Å². The maximum Gasteiger partial charge on any atom is 0.265 e. The van der Waals surface area contributed by atoms with E-state index in [4.69, 9.17) is 10.5 Å². The van der Waals surface area contributed by atoms with E-state index in [0.717, 1.165) is 11.3 Å². The first-order valence-corrected chi connectivity index (χ1v) is 8.27. The molecule has 0 bridgehead atoms. The monoisotopic (exact) mass is 375 g/mol. The molecule has 0 aliphatic carbocycles. The predicted octanol–water partition coefficient (Wildman–Crippen LogP) is 2.04. The highest BCUT2D eigenvalue weighted by Gasteiger charge is 2.24. The highest BCUT2D eigenvalue weighted by Crippen LogP contribution is 2.31. The third-order valence-corrected chi connectivity index (χ3v) is 4.11. The number of para-hydroxylation sites is 2. The molecule has 26 heavy (non-hydrogen) atoms. The number of benzene rings is 2. The van der Waals surface area contributed by atoms with Crippen LogP contribution in [-0.4, -0.2) is 31.5 Å². The first kappa shape index (κ1) is 19.8. The summed E-state index contributed by atoms with van der Waals surface area (Å²) in [5.41, 5.74) is 7.50. The summed E-state index contributed by atoms with van der Waals surface area (Å²) in [5.74, 6) is 0.406. The maximum absolute atomic E-state index is 12.1. The Hall–Kier alpha value is -2.57. The fourth-order valence-corrected chi connectivity index (χ4v) is 2.77. The van der Waals surface area contributed by atoms with Crippen molar-refractivity contribution < 1.29 is 14.3 Å². The zero-order chi connectivity index (χ0) is 17.6. The first-order valence-electron chi connectivity index (χ1n) is 8.27. The molecule has 1 heterocycles. The van der Waals surface area contributed by atoms with Gasteiger partial charge in [-0.15, -0.1) is 12.4 Å². The van der Waals surface area contributed by atoms with Crippen LogP contribution >= 0.6 is 12.4 Å². The van der Waals surface area contributed by atoms with Crippen molar-refractivity contribution in [2.75, 3.05) is 24.6 Å². The normalized spacial score (nSPS) is 13.9. The molecule has 2 aromatic rings. The highest BCUT2D eigenvalue weighted by molar-refractivity contribution is 5.97. The zero-order valence-electron chi connectivity index (χ0n) is 14.3. The molecule has 3 rings (SSSR count). The average Bonchev–Trinajstić information content (AvgIpc) is 2.66. The van der Waals surface area contributed by atoms with E-state index in [0.29, 0.717) is 25.3 Å². The van der Waals surface area contributed by atoms with Gasteiger partial charge in [0.1, 0.15) is 11.8 Å². The quantitative estimate of drug-likeness (QED) is 0.757. The molecule has 2 amide bonds. The molecule has 1 aliphatic heterocycles. The molecule has 1 aliphatic rings. The molecule has 1 unspecified atom stereocenters. The summed E-state index contributed by atoms with van der Waals surface area (Å²) < 4.78 is 5.41. The average molecular weight is 376 g/mol. The van der Waals surface area contributed by atoms with Gasteiger partial charge in [-0.05, 0) is 24.1 Å². The van der Waals surface area contributed by atoms with Gasteiger partial charge in [-0.1, -0.05) is 42.5 Å². The third kappa shape index (κ3) is 4.53. The van der Waals surface area contributed by atoms with Crippen molar-refractivity contribution in [3.63, 3.8) is 0 Å². The van der Waals surface area contributed by atoms with Crippen molar-refractivity contribution >= 4 is 29.9 Å². The second-order valence-corrected chi connectivity index (χ2v) is 5.83. The molecule has 7 heteroatoms. The van der Waals surface area contributed by atoms with Gasteiger partial charge in [0.05, 0.1) is 5.69 Å². The largest absolute Gasteiger partial charge is 0.482 e. The van der Waals surface area contributed by atoms with E-state index in [1.165, 1.54) is 0 Å². The molecule has 0 aromatic heterocycles. The van der Waals surface area contributed by atoms with Crippen LogP contribution in [0.15, 0.2) is 54.6 Å². The van der Waals surface area contributed by atoms with Gasteiger partial charge in [-0.25, -0.2) is 0 Å². The Morgan fingerprint density at radius 3 is 2.62 bits per heavy atom. The molecular formula is C19H22ClN3O3. The smallest absolute Gasteiger partial charge is 0.265 e. The van der Waals surface area contributed by atoms with Gasteiger partial charge in [0.15, 0.2) is 6.61 Å². The Kier molecular flexibility index (Phi) is 7.00. The van der Waals surface area contributed by atoms with Crippen molar-refractivity contribution in [1.82, 2.24) is 5.32 Å². The number of amides is 2. The maximum atomic E-state index is 12.1. The molecule has 0 radical (unpaired) electrons. The predicted molar refractivity (Wildman–Crippen MR) is 103 cm³/mol. The number of carbonyl (C=O) groups excluding carboxylic acids is 2. The Balaban J connectivity index is 0.00000243. The van der Waals surface area contributed by atoms with Crippen LogP contribution in [0.3, 0.4) is 0 Å². The number of nitrogens with one attached hydrogen (secondary N) is 1. The zero-order valence-corrected chi connectivity index (χ0v) is 15.1. The lowest BCUT2D eigenvalue weighted by Crippen LogP contribution is -2.41. The highest BCUT2D eigenvalue weighted by atomic mass is 35.5. The number of anilines is 1. The van der Waals surface area contributed by atoms with E-state index >= 15 is 0 Å². The summed E-state index contributed by atoms with van der Waals surface area (Å²) in [5, 5.41) is 2.83. The number of rotatable bonds is 6. The SMILES string of the molecule is Cl.NC(C(=O)NCCCN1C(=O)COc2ccccc21)c1ccccc1. The Labute approximate surface area is 158 Å². The van der Waals surface area contributed by atoms with Crippen molar-refractivity contribution in [3.05, 3.63) is 60.2 Å². The van der Waals surface area contributed by atoms with Crippen LogP contribution in [0.25, 0.3) is 0 Å². The van der Waals surface area contributed by atoms with E-state index in [9.17, 15) is 9.59 Å². The minimum Gasteiger partial charge on any atom is -0.482 e. The second-order valence-electron chi connectivity index (χ2n) is 5.83. The van der Waals surface area contributed by atoms with Gasteiger partial charge < -0.3 is 20.7 Å². The van der Waals surface area contributed by atoms with Gasteiger partial charge in [0.25, 0.3) is 5.91 Å². The third-order valence-electron chi connectivity index (χ3n) is 4.11. The van der Waals surface area contributed by atoms with Crippen LogP contribution in [0.1, 0.15) is 18.0 Å². The van der Waals surface area contributed by atoms with Crippen molar-refractivity contribution in [2.24, 2.45) is 5.73 Å². The molecule has 0 spiro atoms. The molecule has 2 aromatic carbocycles. The van der Waals surface area contributed by atoms with Crippen LogP contribution in [0, 0.1) is 0 Å². The lowest BCUT2D eigenvalue weighted by Gasteiger charge is -2.29. The second kappa shape index (κ2) is 9.22. The fourth-order valence-electron chi connectivity index (χ4n) is 2.77. The minimum atomic E-state index is -0.688. The number of hydrogen-bond donors (Lipinski definition) is 2. The van der Waals surface area contributed by atoms with Crippen molar-refractivity contribution in [2.45, 2.75) is 12.5 Å². The van der Waals surface area contributed by atoms with Crippen LogP contribution in [-0.2, 0) is 9.59 Å². The molecule has 0 saturated heterocycles. The molecule has 138 valence electrons. The molecular weight excluding hydrogens is 354 g/mol. The Bertz CT molecular complexity index is 755. The van der Waals surface area contributed by atoms with E-state index in [2.05, 4.69) is 5.32 Å². The van der Waals surface area contributed by atoms with Crippen LogP contribution in [0.2, 0.25) is 0 Å². The Morgan fingerprint density at radius 1 is 1.15 bits per heavy atom. The summed E-state index contributed by atoms with van der Waals surface area (Å²) in [4.78, 5) is 25.9. The number of hydrogen-bond acceptors (Lipinski definition) is 4. The lowest BCUT2D eigenvalue weighted by molar-refractivity contribution is -0.122. The summed E-state index contributed by atoms with van der Waals surface area (Å²) >= 11 is 0. The van der Waals surface area contributed by atoms with Gasteiger partial charge in [-0.2, -0.15) is 0 Å². The summed E-state index contributed by atoms with van der Waals surface area (Å²) in [6.07, 6.45) is 0.632. The number of nitrogens with two attached hydrogens (primary N) is 1. The molecule has 6 nitrogen and oxygen atoms in total. The molecule has 1 atom stereocenters. The lowest BCUT2D eigenvalue weighted by atomic mass is 10.1. The summed E-state index contributed by atoms with van der Waals surface area (Å²) in [6.45, 7) is 1.01. The number of halogens is 1. The fraction of sp³-hybridized carbons (Fsp3) is 0.263. The number of fused-ring (bicyclic) bond motifs is 1. The van der Waals surface area contributed by atoms with E-state index in [-0.39, 0.29) is 30.8 Å². The van der Waals surface area contributed by atoms with Crippen LogP contribution in [0.4, 0.5) is 5.69 Å². The number of carbonyl (C=O) groups is 2. The van der Waals surface area contributed by atoms with Crippen molar-refractivity contribution in [1.29, 1.82) is 0 Å². The molecule has 0 saturated carbocycles. The molecule has 3 N–H and O–H groups in total. The van der Waals surface area contributed by atoms with Crippen molar-refractivity contribution in [3.8, 4) is 5.75 Å². The van der Waals surface area contributed by atoms with Crippen LogP contribution < -0.4 is 20.7 Å². The Morgan fingerprint density at radius 2 is 1.85 bits per heavy atom. The number of ether oxygens (including phenoxy) is 1. The van der Waals surface area contributed by atoms with Gasteiger partial charge in [-0.3, -0.25) is 9.59 Å². The summed E-state index contributed by atoms with van der Waals surface area (Å²) in [6, 6.07) is 16.0. The van der Waals surface area contributed by atoms with Crippen LogP contribution in [0.5, 0.6) is 5.75 Å². The van der Waals surface area contributed by atoms with Gasteiger partial charge in [0.2, 0.25) is 5.91 Å². The minimum absolute atomic E-state index is 0. The van der Waals surface area contributed by atoms with E-state index in [1.54, 1.807) is 4.90 Å². The summed E-state index contributed by atoms with van der Waals surface area (Å²) in [7, 11) is 0. The van der Waals surface area contributed by atoms with Gasteiger partial charge >= 0.3 is 0 Å². The topological polar surface area (TPSA) is 84.7 Å². The standard InChI is InChI=1S/C19H21N3O3.ClH/c20-18(14-7-2-1-3-8-14)19(24)21-11-6-12-22-15-9-4-5-10-16(15)25-13-17(22)23;/h1-5,7-10,18H,6,11-13,20H2,(H,21,24);1H. The number of nitrogens with zero attached hydrogens (tertiary/aromatic N) is 1.